The maximum Gasteiger partial charge on any atom is 0.227 e. The van der Waals surface area contributed by atoms with Gasteiger partial charge in [-0.05, 0) is 16.3 Å². The summed E-state index contributed by atoms with van der Waals surface area (Å²) in [4.78, 5) is 14.2. The molecule has 0 bridgehead atoms. The molecule has 4 heteroatoms. The SMILES string of the molecule is O=C(Cc1ccc2ccccc2c1)N1CCOC(CCl)C1. The lowest BCUT2D eigenvalue weighted by molar-refractivity contribution is -0.137. The summed E-state index contributed by atoms with van der Waals surface area (Å²) >= 11 is 5.81. The predicted molar refractivity (Wildman–Crippen MR) is 84.7 cm³/mol. The van der Waals surface area contributed by atoms with Crippen LogP contribution in [-0.2, 0) is 16.0 Å². The summed E-state index contributed by atoms with van der Waals surface area (Å²) in [6.07, 6.45) is 0.390. The summed E-state index contributed by atoms with van der Waals surface area (Å²) in [5.74, 6) is 0.573. The third-order valence-corrected chi connectivity index (χ3v) is 4.18. The van der Waals surface area contributed by atoms with Gasteiger partial charge in [0.15, 0.2) is 0 Å². The van der Waals surface area contributed by atoms with Gasteiger partial charge < -0.3 is 9.64 Å². The summed E-state index contributed by atoms with van der Waals surface area (Å²) in [7, 11) is 0. The van der Waals surface area contributed by atoms with Crippen LogP contribution in [0.4, 0.5) is 0 Å². The molecular formula is C17H18ClNO2. The maximum absolute atomic E-state index is 12.4. The number of fused-ring (bicyclic) bond motifs is 1. The van der Waals surface area contributed by atoms with Crippen LogP contribution in [0, 0.1) is 0 Å². The van der Waals surface area contributed by atoms with Crippen LogP contribution >= 0.6 is 11.6 Å². The number of carbonyl (C=O) groups excluding carboxylic acids is 1. The van der Waals surface area contributed by atoms with Gasteiger partial charge >= 0.3 is 0 Å². The molecule has 0 radical (unpaired) electrons. The summed E-state index contributed by atoms with van der Waals surface area (Å²) in [5.41, 5.74) is 1.05. The zero-order valence-electron chi connectivity index (χ0n) is 11.8. The topological polar surface area (TPSA) is 29.5 Å². The molecule has 1 aliphatic heterocycles. The summed E-state index contributed by atoms with van der Waals surface area (Å²) in [6, 6.07) is 14.4. The molecule has 0 aliphatic carbocycles. The summed E-state index contributed by atoms with van der Waals surface area (Å²) in [5, 5.41) is 2.37. The molecular weight excluding hydrogens is 286 g/mol. The van der Waals surface area contributed by atoms with E-state index in [1.807, 2.05) is 23.1 Å². The van der Waals surface area contributed by atoms with Crippen molar-refractivity contribution in [2.24, 2.45) is 0 Å². The molecule has 110 valence electrons. The average Bonchev–Trinajstić information content (AvgIpc) is 2.54. The van der Waals surface area contributed by atoms with Gasteiger partial charge in [-0.2, -0.15) is 0 Å². The van der Waals surface area contributed by atoms with E-state index in [-0.39, 0.29) is 12.0 Å². The van der Waals surface area contributed by atoms with Crippen molar-refractivity contribution in [2.75, 3.05) is 25.6 Å². The van der Waals surface area contributed by atoms with E-state index in [4.69, 9.17) is 16.3 Å². The normalized spacial score (nSPS) is 18.9. The Morgan fingerprint density at radius 2 is 2.05 bits per heavy atom. The Bertz CT molecular complexity index is 643. The number of benzene rings is 2. The molecule has 1 saturated heterocycles. The molecule has 3 rings (SSSR count). The van der Waals surface area contributed by atoms with Gasteiger partial charge in [-0.15, -0.1) is 11.6 Å². The molecule has 0 N–H and O–H groups in total. The van der Waals surface area contributed by atoms with Crippen LogP contribution in [0.2, 0.25) is 0 Å². The third-order valence-electron chi connectivity index (χ3n) is 3.83. The minimum Gasteiger partial charge on any atom is -0.373 e. The monoisotopic (exact) mass is 303 g/mol. The van der Waals surface area contributed by atoms with Crippen molar-refractivity contribution >= 4 is 28.3 Å². The molecule has 0 spiro atoms. The van der Waals surface area contributed by atoms with Gasteiger partial charge in [-0.25, -0.2) is 0 Å². The molecule has 1 unspecified atom stereocenters. The lowest BCUT2D eigenvalue weighted by Gasteiger charge is -2.32. The first-order valence-corrected chi connectivity index (χ1v) is 7.73. The predicted octanol–water partition coefficient (Wildman–Crippen LogP) is 2.85. The van der Waals surface area contributed by atoms with Crippen LogP contribution < -0.4 is 0 Å². The van der Waals surface area contributed by atoms with Gasteiger partial charge in [-0.1, -0.05) is 42.5 Å². The maximum atomic E-state index is 12.4. The zero-order chi connectivity index (χ0) is 14.7. The molecule has 0 saturated carbocycles. The number of hydrogen-bond acceptors (Lipinski definition) is 2. The molecule has 1 aliphatic rings. The first-order valence-electron chi connectivity index (χ1n) is 7.19. The second-order valence-electron chi connectivity index (χ2n) is 5.35. The van der Waals surface area contributed by atoms with E-state index >= 15 is 0 Å². The van der Waals surface area contributed by atoms with Crippen LogP contribution in [0.3, 0.4) is 0 Å². The van der Waals surface area contributed by atoms with Crippen molar-refractivity contribution in [3.8, 4) is 0 Å². The van der Waals surface area contributed by atoms with Crippen LogP contribution in [0.1, 0.15) is 5.56 Å². The molecule has 3 nitrogen and oxygen atoms in total. The minimum absolute atomic E-state index is 0.0408. The first kappa shape index (κ1) is 14.4. The van der Waals surface area contributed by atoms with Crippen LogP contribution in [0.15, 0.2) is 42.5 Å². The highest BCUT2D eigenvalue weighted by molar-refractivity contribution is 6.18. The lowest BCUT2D eigenvalue weighted by atomic mass is 10.0. The van der Waals surface area contributed by atoms with Crippen molar-refractivity contribution < 1.29 is 9.53 Å². The Labute approximate surface area is 129 Å². The molecule has 1 amide bonds. The molecule has 0 aromatic heterocycles. The average molecular weight is 304 g/mol. The van der Waals surface area contributed by atoms with E-state index in [1.165, 1.54) is 10.8 Å². The van der Waals surface area contributed by atoms with Crippen LogP contribution in [-0.4, -0.2) is 42.5 Å². The van der Waals surface area contributed by atoms with E-state index in [1.54, 1.807) is 0 Å². The molecule has 1 fully saturated rings. The van der Waals surface area contributed by atoms with Gasteiger partial charge in [0.25, 0.3) is 0 Å². The van der Waals surface area contributed by atoms with Gasteiger partial charge in [0.2, 0.25) is 5.91 Å². The van der Waals surface area contributed by atoms with E-state index in [9.17, 15) is 4.79 Å². The van der Waals surface area contributed by atoms with E-state index in [0.29, 0.717) is 32.0 Å². The number of rotatable bonds is 3. The second-order valence-corrected chi connectivity index (χ2v) is 5.65. The van der Waals surface area contributed by atoms with Crippen molar-refractivity contribution in [2.45, 2.75) is 12.5 Å². The number of alkyl halides is 1. The number of halogens is 1. The number of hydrogen-bond donors (Lipinski definition) is 0. The van der Waals surface area contributed by atoms with E-state index in [2.05, 4.69) is 24.3 Å². The third kappa shape index (κ3) is 3.36. The minimum atomic E-state index is -0.0408. The van der Waals surface area contributed by atoms with Crippen molar-refractivity contribution in [3.63, 3.8) is 0 Å². The molecule has 21 heavy (non-hydrogen) atoms. The smallest absolute Gasteiger partial charge is 0.227 e. The highest BCUT2D eigenvalue weighted by atomic mass is 35.5. The Hall–Kier alpha value is -1.58. The van der Waals surface area contributed by atoms with Gasteiger partial charge in [0.1, 0.15) is 0 Å². The van der Waals surface area contributed by atoms with Crippen LogP contribution in [0.25, 0.3) is 10.8 Å². The fourth-order valence-corrected chi connectivity index (χ4v) is 2.86. The van der Waals surface area contributed by atoms with Gasteiger partial charge in [0, 0.05) is 13.1 Å². The quantitative estimate of drug-likeness (QED) is 0.816. The number of amides is 1. The standard InChI is InChI=1S/C17H18ClNO2/c18-11-16-12-19(7-8-21-16)17(20)10-13-5-6-14-3-1-2-4-15(14)9-13/h1-6,9,16H,7-8,10-12H2. The number of nitrogens with zero attached hydrogens (tertiary/aromatic N) is 1. The van der Waals surface area contributed by atoms with Crippen molar-refractivity contribution in [3.05, 3.63) is 48.0 Å². The Kier molecular flexibility index (Phi) is 4.42. The Morgan fingerprint density at radius 1 is 1.24 bits per heavy atom. The van der Waals surface area contributed by atoms with Crippen molar-refractivity contribution in [1.29, 1.82) is 0 Å². The van der Waals surface area contributed by atoms with Crippen LogP contribution in [0.5, 0.6) is 0 Å². The Morgan fingerprint density at radius 3 is 2.86 bits per heavy atom. The molecule has 1 heterocycles. The van der Waals surface area contributed by atoms with Gasteiger partial charge in [-0.3, -0.25) is 4.79 Å². The summed E-state index contributed by atoms with van der Waals surface area (Å²) in [6.45, 7) is 1.82. The number of carbonyl (C=O) groups is 1. The number of ether oxygens (including phenoxy) is 1. The van der Waals surface area contributed by atoms with Gasteiger partial charge in [0.05, 0.1) is 25.0 Å². The fourth-order valence-electron chi connectivity index (χ4n) is 2.67. The highest BCUT2D eigenvalue weighted by Crippen LogP contribution is 2.17. The zero-order valence-corrected chi connectivity index (χ0v) is 12.6. The largest absolute Gasteiger partial charge is 0.373 e. The van der Waals surface area contributed by atoms with Crippen molar-refractivity contribution in [1.82, 2.24) is 4.90 Å². The van der Waals surface area contributed by atoms with E-state index in [0.717, 1.165) is 5.56 Å². The summed E-state index contributed by atoms with van der Waals surface area (Å²) < 4.78 is 5.49. The second kappa shape index (κ2) is 6.46. The number of morpholine rings is 1. The molecule has 2 aromatic carbocycles. The first-order chi connectivity index (χ1) is 10.3. The Balaban J connectivity index is 1.70. The highest BCUT2D eigenvalue weighted by Gasteiger charge is 2.23. The fraction of sp³-hybridized carbons (Fsp3) is 0.353. The molecule has 1 atom stereocenters. The molecule has 2 aromatic rings. The lowest BCUT2D eigenvalue weighted by Crippen LogP contribution is -2.46. The van der Waals surface area contributed by atoms with E-state index < -0.39 is 0 Å².